The number of carboxylic acid groups (broad SMARTS) is 1. The standard InChI is InChI=1S/C19H28O8/c1-10-4-5-13-11(2)16(23-15(22)7-6-14(20)21)24-17-19(13)12(10)8-9-18(3,25-17)26-27-19/h10-13,16-17H,4-9H2,1-3H3,(H,20,21)/t10?,11-,12+,13+,16?,17?,18+,19?/m1/s1. The molecule has 0 aromatic rings. The molecule has 2 bridgehead atoms. The van der Waals surface area contributed by atoms with E-state index in [1.807, 2.05) is 13.8 Å². The van der Waals surface area contributed by atoms with Gasteiger partial charge in [-0.25, -0.2) is 9.78 Å². The van der Waals surface area contributed by atoms with Gasteiger partial charge in [0.05, 0.1) is 12.8 Å². The van der Waals surface area contributed by atoms with Crippen molar-refractivity contribution in [1.29, 1.82) is 0 Å². The van der Waals surface area contributed by atoms with Crippen LogP contribution in [0.25, 0.3) is 0 Å². The monoisotopic (exact) mass is 384 g/mol. The predicted octanol–water partition coefficient (Wildman–Crippen LogP) is 2.60. The van der Waals surface area contributed by atoms with E-state index in [-0.39, 0.29) is 30.6 Å². The third kappa shape index (κ3) is 3.06. The summed E-state index contributed by atoms with van der Waals surface area (Å²) in [7, 11) is 0. The highest BCUT2D eigenvalue weighted by atomic mass is 17.3. The van der Waals surface area contributed by atoms with Gasteiger partial charge in [0.1, 0.15) is 0 Å². The third-order valence-corrected chi connectivity index (χ3v) is 6.89. The normalized spacial score (nSPS) is 48.4. The Morgan fingerprint density at radius 2 is 1.89 bits per heavy atom. The number of hydrogen-bond donors (Lipinski definition) is 1. The van der Waals surface area contributed by atoms with Crippen LogP contribution >= 0.6 is 0 Å². The van der Waals surface area contributed by atoms with Crippen LogP contribution in [0.3, 0.4) is 0 Å². The Labute approximate surface area is 158 Å². The number of ether oxygens (including phenoxy) is 3. The van der Waals surface area contributed by atoms with Crippen LogP contribution in [0, 0.1) is 23.7 Å². The second-order valence-electron chi connectivity index (χ2n) is 8.66. The SMILES string of the molecule is CC1CC[C@H]2[C@@H](C)C(OC(=O)CCC(=O)O)OC3O[C@]4(C)CC[C@@H]1C32OO4. The van der Waals surface area contributed by atoms with Crippen LogP contribution < -0.4 is 0 Å². The zero-order chi connectivity index (χ0) is 19.4. The first kappa shape index (κ1) is 19.1. The molecule has 5 fully saturated rings. The summed E-state index contributed by atoms with van der Waals surface area (Å²) < 4.78 is 17.8. The summed E-state index contributed by atoms with van der Waals surface area (Å²) in [5, 5.41) is 8.76. The molecule has 4 unspecified atom stereocenters. The summed E-state index contributed by atoms with van der Waals surface area (Å²) in [5.74, 6) is -1.82. The Balaban J connectivity index is 1.58. The molecule has 8 heteroatoms. The minimum atomic E-state index is -1.03. The second kappa shape index (κ2) is 6.69. The molecule has 0 radical (unpaired) electrons. The van der Waals surface area contributed by atoms with Gasteiger partial charge >= 0.3 is 11.9 Å². The zero-order valence-corrected chi connectivity index (χ0v) is 16.0. The molecule has 5 rings (SSSR count). The van der Waals surface area contributed by atoms with Crippen LogP contribution in [-0.2, 0) is 33.6 Å². The van der Waals surface area contributed by atoms with E-state index in [0.717, 1.165) is 19.3 Å². The zero-order valence-electron chi connectivity index (χ0n) is 16.0. The average Bonchev–Trinajstić information content (AvgIpc) is 2.84. The third-order valence-electron chi connectivity index (χ3n) is 6.89. The van der Waals surface area contributed by atoms with Crippen molar-refractivity contribution in [2.45, 2.75) is 83.3 Å². The van der Waals surface area contributed by atoms with Crippen LogP contribution in [0.5, 0.6) is 0 Å². The summed E-state index contributed by atoms with van der Waals surface area (Å²) in [6.45, 7) is 6.06. The van der Waals surface area contributed by atoms with Gasteiger partial charge in [0.15, 0.2) is 11.9 Å². The molecule has 4 aliphatic heterocycles. The minimum Gasteiger partial charge on any atom is -0.481 e. The Morgan fingerprint density at radius 3 is 2.63 bits per heavy atom. The van der Waals surface area contributed by atoms with Crippen molar-refractivity contribution in [2.75, 3.05) is 0 Å². The highest BCUT2D eigenvalue weighted by molar-refractivity contribution is 5.76. The summed E-state index contributed by atoms with van der Waals surface area (Å²) in [4.78, 5) is 34.5. The van der Waals surface area contributed by atoms with E-state index in [9.17, 15) is 9.59 Å². The summed E-state index contributed by atoms with van der Waals surface area (Å²) in [6.07, 6.45) is 1.72. The topological polar surface area (TPSA) is 101 Å². The van der Waals surface area contributed by atoms with Crippen molar-refractivity contribution in [3.8, 4) is 0 Å². The van der Waals surface area contributed by atoms with Crippen molar-refractivity contribution in [1.82, 2.24) is 0 Å². The van der Waals surface area contributed by atoms with Crippen LogP contribution in [0.1, 0.15) is 59.3 Å². The second-order valence-corrected chi connectivity index (χ2v) is 8.66. The molecule has 8 atom stereocenters. The largest absolute Gasteiger partial charge is 0.481 e. The van der Waals surface area contributed by atoms with Crippen molar-refractivity contribution in [2.24, 2.45) is 23.7 Å². The Hall–Kier alpha value is -1.22. The maximum atomic E-state index is 12.1. The van der Waals surface area contributed by atoms with Crippen LogP contribution in [-0.4, -0.2) is 41.0 Å². The molecule has 1 spiro atoms. The van der Waals surface area contributed by atoms with Crippen molar-refractivity contribution in [3.63, 3.8) is 0 Å². The lowest BCUT2D eigenvalue weighted by atomic mass is 9.58. The van der Waals surface area contributed by atoms with Crippen molar-refractivity contribution < 1.29 is 38.7 Å². The highest BCUT2D eigenvalue weighted by Crippen LogP contribution is 2.60. The van der Waals surface area contributed by atoms with Gasteiger partial charge in [-0.05, 0) is 38.0 Å². The Bertz CT molecular complexity index is 623. The lowest BCUT2D eigenvalue weighted by Crippen LogP contribution is -2.70. The quantitative estimate of drug-likeness (QED) is 0.583. The molecule has 0 aromatic carbocycles. The van der Waals surface area contributed by atoms with E-state index < -0.39 is 35.9 Å². The molecule has 4 saturated heterocycles. The molecular formula is C19H28O8. The molecule has 1 aliphatic carbocycles. The first-order valence-corrected chi connectivity index (χ1v) is 9.86. The van der Waals surface area contributed by atoms with E-state index >= 15 is 0 Å². The summed E-state index contributed by atoms with van der Waals surface area (Å²) in [6, 6.07) is 0. The van der Waals surface area contributed by atoms with Gasteiger partial charge in [-0.1, -0.05) is 13.8 Å². The van der Waals surface area contributed by atoms with Gasteiger partial charge in [-0.15, -0.1) is 0 Å². The molecule has 4 heterocycles. The van der Waals surface area contributed by atoms with Gasteiger partial charge in [-0.3, -0.25) is 9.59 Å². The molecule has 1 saturated carbocycles. The van der Waals surface area contributed by atoms with Gasteiger partial charge < -0.3 is 19.3 Å². The van der Waals surface area contributed by atoms with Gasteiger partial charge in [0.2, 0.25) is 12.1 Å². The molecule has 0 amide bonds. The average molecular weight is 384 g/mol. The number of aliphatic carboxylic acids is 1. The van der Waals surface area contributed by atoms with Crippen LogP contribution in [0.2, 0.25) is 0 Å². The maximum Gasteiger partial charge on any atom is 0.308 e. The minimum absolute atomic E-state index is 0.0670. The summed E-state index contributed by atoms with van der Waals surface area (Å²) in [5.41, 5.74) is -0.697. The fourth-order valence-electron chi connectivity index (χ4n) is 5.40. The van der Waals surface area contributed by atoms with E-state index in [1.54, 1.807) is 0 Å². The molecule has 152 valence electrons. The van der Waals surface area contributed by atoms with Gasteiger partial charge in [-0.2, -0.15) is 0 Å². The first-order valence-electron chi connectivity index (χ1n) is 9.86. The first-order chi connectivity index (χ1) is 12.7. The predicted molar refractivity (Wildman–Crippen MR) is 89.8 cm³/mol. The van der Waals surface area contributed by atoms with E-state index in [2.05, 4.69) is 6.92 Å². The van der Waals surface area contributed by atoms with E-state index in [0.29, 0.717) is 12.3 Å². The Morgan fingerprint density at radius 1 is 1.11 bits per heavy atom. The number of rotatable bonds is 4. The molecule has 1 N–H and O–H groups in total. The fourth-order valence-corrected chi connectivity index (χ4v) is 5.40. The van der Waals surface area contributed by atoms with E-state index in [1.165, 1.54) is 0 Å². The Kier molecular flexibility index (Phi) is 4.73. The van der Waals surface area contributed by atoms with Crippen molar-refractivity contribution in [3.05, 3.63) is 0 Å². The van der Waals surface area contributed by atoms with Gasteiger partial charge in [0.25, 0.3) is 0 Å². The van der Waals surface area contributed by atoms with Crippen LogP contribution in [0.4, 0.5) is 0 Å². The molecule has 5 aliphatic rings. The number of carbonyl (C=O) groups is 2. The lowest BCUT2D eigenvalue weighted by molar-refractivity contribution is -0.576. The smallest absolute Gasteiger partial charge is 0.308 e. The molecule has 27 heavy (non-hydrogen) atoms. The highest BCUT2D eigenvalue weighted by Gasteiger charge is 2.69. The number of hydrogen-bond acceptors (Lipinski definition) is 7. The van der Waals surface area contributed by atoms with Crippen LogP contribution in [0.15, 0.2) is 0 Å². The van der Waals surface area contributed by atoms with Crippen molar-refractivity contribution >= 4 is 11.9 Å². The molecular weight excluding hydrogens is 356 g/mol. The maximum absolute atomic E-state index is 12.1. The van der Waals surface area contributed by atoms with Gasteiger partial charge in [0, 0.05) is 18.3 Å². The molecule has 0 aromatic heterocycles. The lowest BCUT2D eigenvalue weighted by Gasteiger charge is -2.59. The number of fused-ring (bicyclic) bond motifs is 2. The van der Waals surface area contributed by atoms with E-state index in [4.69, 9.17) is 29.1 Å². The number of carbonyl (C=O) groups excluding carboxylic acids is 1. The number of esters is 1. The number of carboxylic acids is 1. The molecule has 8 nitrogen and oxygen atoms in total. The fraction of sp³-hybridized carbons (Fsp3) is 0.895. The summed E-state index contributed by atoms with van der Waals surface area (Å²) >= 11 is 0.